The molecule has 0 aliphatic heterocycles. The van der Waals surface area contributed by atoms with Crippen molar-refractivity contribution in [3.05, 3.63) is 18.2 Å². The van der Waals surface area contributed by atoms with Gasteiger partial charge in [0, 0.05) is 6.54 Å². The summed E-state index contributed by atoms with van der Waals surface area (Å²) in [4.78, 5) is -0.0466. The number of sulfone groups is 1. The van der Waals surface area contributed by atoms with Crippen LogP contribution in [0.1, 0.15) is 6.42 Å². The van der Waals surface area contributed by atoms with Gasteiger partial charge >= 0.3 is 5.51 Å². The van der Waals surface area contributed by atoms with E-state index in [-0.39, 0.29) is 12.2 Å². The molecule has 0 spiro atoms. The smallest absolute Gasteiger partial charge is 0.384 e. The van der Waals surface area contributed by atoms with E-state index in [2.05, 4.69) is 5.32 Å². The molecule has 0 aliphatic carbocycles. The molecule has 0 atom stereocenters. The summed E-state index contributed by atoms with van der Waals surface area (Å²) in [6, 6.07) is 2.31. The van der Waals surface area contributed by atoms with Crippen LogP contribution in [0.4, 0.5) is 18.9 Å². The van der Waals surface area contributed by atoms with E-state index in [1.54, 1.807) is 14.1 Å². The van der Waals surface area contributed by atoms with Gasteiger partial charge in [0.1, 0.15) is 4.90 Å². The fraction of sp³-hybridized carbons (Fsp3) is 0.500. The molecule has 1 aromatic rings. The maximum atomic E-state index is 12.8. The number of hydrogen-bond acceptors (Lipinski definition) is 6. The van der Waals surface area contributed by atoms with Crippen LogP contribution in [0.15, 0.2) is 28.0 Å². The minimum Gasteiger partial charge on any atom is -0.384 e. The van der Waals surface area contributed by atoms with Crippen molar-refractivity contribution in [2.75, 3.05) is 32.5 Å². The summed E-state index contributed by atoms with van der Waals surface area (Å²) in [6.45, 7) is 0.830. The predicted octanol–water partition coefficient (Wildman–Crippen LogP) is 0.991. The molecule has 0 amide bonds. The lowest BCUT2D eigenvalue weighted by molar-refractivity contribution is -0.0435. The molecule has 1 rings (SSSR count). The van der Waals surface area contributed by atoms with E-state index >= 15 is 0 Å². The van der Waals surface area contributed by atoms with Gasteiger partial charge in [0.2, 0.25) is 10.0 Å². The third kappa shape index (κ3) is 5.06. The lowest BCUT2D eigenvalue weighted by Crippen LogP contribution is -2.25. The van der Waals surface area contributed by atoms with Crippen LogP contribution < -0.4 is 10.5 Å². The van der Waals surface area contributed by atoms with Gasteiger partial charge in [-0.25, -0.2) is 22.0 Å². The molecule has 0 unspecified atom stereocenters. The van der Waals surface area contributed by atoms with E-state index in [1.807, 2.05) is 4.90 Å². The summed E-state index contributed by atoms with van der Waals surface area (Å²) < 4.78 is 84.4. The molecule has 0 aromatic heterocycles. The molecule has 138 valence electrons. The number of hydrogen-bond donors (Lipinski definition) is 2. The highest BCUT2D eigenvalue weighted by atomic mass is 32.2. The van der Waals surface area contributed by atoms with Crippen molar-refractivity contribution in [1.29, 1.82) is 0 Å². The SMILES string of the molecule is CN(C)CCCNc1ccc(S(N)(=O)=O)cc1S(=O)(=O)C(F)(F)F. The third-order valence-corrected chi connectivity index (χ3v) is 5.41. The Morgan fingerprint density at radius 1 is 1.17 bits per heavy atom. The van der Waals surface area contributed by atoms with Crippen LogP contribution in [-0.4, -0.2) is 54.4 Å². The number of rotatable bonds is 7. The van der Waals surface area contributed by atoms with Gasteiger partial charge in [0.05, 0.1) is 10.6 Å². The molecule has 3 N–H and O–H groups in total. The highest BCUT2D eigenvalue weighted by Crippen LogP contribution is 2.35. The van der Waals surface area contributed by atoms with Crippen molar-refractivity contribution in [2.24, 2.45) is 5.14 Å². The van der Waals surface area contributed by atoms with Gasteiger partial charge in [0.15, 0.2) is 0 Å². The molecule has 24 heavy (non-hydrogen) atoms. The monoisotopic (exact) mass is 389 g/mol. The Labute approximate surface area is 138 Å². The zero-order chi connectivity index (χ0) is 18.8. The predicted molar refractivity (Wildman–Crippen MR) is 82.7 cm³/mol. The number of primary sulfonamides is 1. The number of benzene rings is 1. The first-order valence-electron chi connectivity index (χ1n) is 6.63. The molecule has 1 aromatic carbocycles. The maximum Gasteiger partial charge on any atom is 0.501 e. The molecule has 0 aliphatic rings. The Kier molecular flexibility index (Phi) is 6.25. The zero-order valence-electron chi connectivity index (χ0n) is 13.0. The van der Waals surface area contributed by atoms with Crippen LogP contribution in [-0.2, 0) is 19.9 Å². The van der Waals surface area contributed by atoms with Crippen molar-refractivity contribution >= 4 is 25.5 Å². The molecule has 0 saturated heterocycles. The molecule has 0 saturated carbocycles. The number of anilines is 1. The normalized spacial score (nSPS) is 13.3. The molecular formula is C12H18F3N3O4S2. The summed E-state index contributed by atoms with van der Waals surface area (Å²) in [5, 5.41) is 7.44. The van der Waals surface area contributed by atoms with Crippen LogP contribution >= 0.6 is 0 Å². The van der Waals surface area contributed by atoms with Crippen molar-refractivity contribution in [2.45, 2.75) is 21.7 Å². The average molecular weight is 389 g/mol. The Balaban J connectivity index is 3.29. The fourth-order valence-electron chi connectivity index (χ4n) is 1.79. The van der Waals surface area contributed by atoms with E-state index < -0.39 is 35.2 Å². The van der Waals surface area contributed by atoms with Crippen molar-refractivity contribution < 1.29 is 30.0 Å². The van der Waals surface area contributed by atoms with Crippen molar-refractivity contribution in [1.82, 2.24) is 4.90 Å². The van der Waals surface area contributed by atoms with Gasteiger partial charge in [-0.15, -0.1) is 0 Å². The molecule has 0 bridgehead atoms. The summed E-state index contributed by atoms with van der Waals surface area (Å²) in [5.41, 5.74) is -5.90. The molecular weight excluding hydrogens is 371 g/mol. The quantitative estimate of drug-likeness (QED) is 0.673. The molecule has 0 radical (unpaired) electrons. The largest absolute Gasteiger partial charge is 0.501 e. The standard InChI is InChI=1S/C12H18F3N3O4S2/c1-18(2)7-3-6-17-10-5-4-9(24(16,21)22)8-11(10)23(19,20)12(13,14)15/h4-5,8,17H,3,6-7H2,1-2H3,(H2,16,21,22). The van der Waals surface area contributed by atoms with Gasteiger partial charge in [-0.05, 0) is 45.3 Å². The number of sulfonamides is 1. The van der Waals surface area contributed by atoms with Crippen LogP contribution in [0, 0.1) is 0 Å². The van der Waals surface area contributed by atoms with Gasteiger partial charge in [-0.1, -0.05) is 0 Å². The highest BCUT2D eigenvalue weighted by molar-refractivity contribution is 7.92. The topological polar surface area (TPSA) is 110 Å². The number of halogens is 3. The lowest BCUT2D eigenvalue weighted by Gasteiger charge is -2.16. The molecule has 7 nitrogen and oxygen atoms in total. The van der Waals surface area contributed by atoms with Crippen molar-refractivity contribution in [3.8, 4) is 0 Å². The number of nitrogens with zero attached hydrogens (tertiary/aromatic N) is 1. The number of nitrogens with one attached hydrogen (secondary N) is 1. The minimum absolute atomic E-state index is 0.202. The van der Waals surface area contributed by atoms with Gasteiger partial charge < -0.3 is 10.2 Å². The summed E-state index contributed by atoms with van der Waals surface area (Å²) in [7, 11) is -6.47. The van der Waals surface area contributed by atoms with Crippen LogP contribution in [0.3, 0.4) is 0 Å². The van der Waals surface area contributed by atoms with E-state index in [1.165, 1.54) is 0 Å². The summed E-state index contributed by atoms with van der Waals surface area (Å²) in [6.07, 6.45) is 0.537. The Bertz CT molecular complexity index is 790. The second kappa shape index (κ2) is 7.25. The molecule has 12 heteroatoms. The van der Waals surface area contributed by atoms with E-state index in [9.17, 15) is 30.0 Å². The Morgan fingerprint density at radius 2 is 1.75 bits per heavy atom. The first kappa shape index (κ1) is 20.7. The summed E-state index contributed by atoms with van der Waals surface area (Å²) >= 11 is 0. The van der Waals surface area contributed by atoms with Crippen molar-refractivity contribution in [3.63, 3.8) is 0 Å². The molecule has 0 heterocycles. The Hall–Kier alpha value is -1.37. The number of alkyl halides is 3. The van der Waals surface area contributed by atoms with Crippen LogP contribution in [0.25, 0.3) is 0 Å². The Morgan fingerprint density at radius 3 is 2.21 bits per heavy atom. The van der Waals surface area contributed by atoms with Gasteiger partial charge in [0.25, 0.3) is 9.84 Å². The minimum atomic E-state index is -5.74. The van der Waals surface area contributed by atoms with Crippen LogP contribution in [0.5, 0.6) is 0 Å². The summed E-state index contributed by atoms with van der Waals surface area (Å²) in [5.74, 6) is 0. The second-order valence-electron chi connectivity index (χ2n) is 5.24. The first-order valence-corrected chi connectivity index (χ1v) is 9.66. The third-order valence-electron chi connectivity index (χ3n) is 2.97. The van der Waals surface area contributed by atoms with Gasteiger partial charge in [-0.2, -0.15) is 13.2 Å². The molecule has 0 fully saturated rings. The fourth-order valence-corrected chi connectivity index (χ4v) is 3.37. The second-order valence-corrected chi connectivity index (χ2v) is 8.71. The van der Waals surface area contributed by atoms with Gasteiger partial charge in [-0.3, -0.25) is 0 Å². The first-order chi connectivity index (χ1) is 10.8. The lowest BCUT2D eigenvalue weighted by atomic mass is 10.3. The number of nitrogens with two attached hydrogens (primary N) is 1. The van der Waals surface area contributed by atoms with E-state index in [0.717, 1.165) is 12.1 Å². The van der Waals surface area contributed by atoms with E-state index in [4.69, 9.17) is 5.14 Å². The average Bonchev–Trinajstić information content (AvgIpc) is 2.41. The zero-order valence-corrected chi connectivity index (χ0v) is 14.6. The highest BCUT2D eigenvalue weighted by Gasteiger charge is 2.48. The maximum absolute atomic E-state index is 12.8. The van der Waals surface area contributed by atoms with E-state index in [0.29, 0.717) is 19.0 Å². The van der Waals surface area contributed by atoms with Crippen LogP contribution in [0.2, 0.25) is 0 Å².